The first kappa shape index (κ1) is 16.0. The molecule has 0 aliphatic rings. The second-order valence-electron chi connectivity index (χ2n) is 5.69. The molecule has 0 spiro atoms. The molecule has 0 bridgehead atoms. The number of phenols is 1. The van der Waals surface area contributed by atoms with Crippen LogP contribution in [0.15, 0.2) is 24.3 Å². The molecule has 0 aromatic heterocycles. The first-order valence-electron chi connectivity index (χ1n) is 7.65. The predicted octanol–water partition coefficient (Wildman–Crippen LogP) is 4.27. The fourth-order valence-electron chi connectivity index (χ4n) is 2.49. The first-order chi connectivity index (χ1) is 9.11. The molecule has 0 amide bonds. The highest BCUT2D eigenvalue weighted by atomic mass is 16.3. The lowest BCUT2D eigenvalue weighted by atomic mass is 10.0. The molecular weight excluding hydrogens is 234 g/mol. The van der Waals surface area contributed by atoms with Crippen molar-refractivity contribution in [2.24, 2.45) is 0 Å². The number of hydrogen-bond acceptors (Lipinski definition) is 2. The summed E-state index contributed by atoms with van der Waals surface area (Å²) in [6.45, 7) is 6.76. The van der Waals surface area contributed by atoms with E-state index in [2.05, 4.69) is 26.1 Å². The Morgan fingerprint density at radius 2 is 1.68 bits per heavy atom. The number of unbranched alkanes of at least 4 members (excludes halogenated alkanes) is 3. The summed E-state index contributed by atoms with van der Waals surface area (Å²) in [7, 11) is 0. The first-order valence-corrected chi connectivity index (χ1v) is 7.65. The van der Waals surface area contributed by atoms with Gasteiger partial charge in [0.1, 0.15) is 5.75 Å². The van der Waals surface area contributed by atoms with Crippen molar-refractivity contribution in [2.75, 3.05) is 0 Å². The van der Waals surface area contributed by atoms with Gasteiger partial charge in [-0.1, -0.05) is 44.7 Å². The zero-order chi connectivity index (χ0) is 14.1. The van der Waals surface area contributed by atoms with Gasteiger partial charge in [0.15, 0.2) is 0 Å². The smallest absolute Gasteiger partial charge is 0.115 e. The van der Waals surface area contributed by atoms with Crippen LogP contribution in [-0.4, -0.2) is 17.2 Å². The molecule has 0 fully saturated rings. The number of nitrogens with one attached hydrogen (secondary N) is 1. The van der Waals surface area contributed by atoms with Crippen LogP contribution in [0.25, 0.3) is 0 Å². The van der Waals surface area contributed by atoms with E-state index in [-0.39, 0.29) is 0 Å². The Morgan fingerprint density at radius 3 is 2.32 bits per heavy atom. The molecule has 0 saturated carbocycles. The lowest BCUT2D eigenvalue weighted by Gasteiger charge is -2.20. The van der Waals surface area contributed by atoms with Crippen LogP contribution in [0.3, 0.4) is 0 Å². The van der Waals surface area contributed by atoms with Crippen molar-refractivity contribution < 1.29 is 5.11 Å². The van der Waals surface area contributed by atoms with E-state index in [1.54, 1.807) is 12.1 Å². The monoisotopic (exact) mass is 263 g/mol. The molecule has 1 aromatic rings. The molecule has 1 rings (SSSR count). The summed E-state index contributed by atoms with van der Waals surface area (Å²) >= 11 is 0. The van der Waals surface area contributed by atoms with Crippen LogP contribution >= 0.6 is 0 Å². The van der Waals surface area contributed by atoms with E-state index in [1.165, 1.54) is 37.7 Å². The number of benzene rings is 1. The lowest BCUT2D eigenvalue weighted by molar-refractivity contribution is 0.428. The number of phenolic OH excluding ortho intramolecular Hbond substituents is 1. The van der Waals surface area contributed by atoms with Crippen LogP contribution in [0.4, 0.5) is 0 Å². The van der Waals surface area contributed by atoms with Gasteiger partial charge in [-0.25, -0.2) is 0 Å². The van der Waals surface area contributed by atoms with E-state index in [0.29, 0.717) is 17.8 Å². The van der Waals surface area contributed by atoms with E-state index in [9.17, 15) is 5.11 Å². The fourth-order valence-corrected chi connectivity index (χ4v) is 2.49. The molecule has 2 nitrogen and oxygen atoms in total. The topological polar surface area (TPSA) is 32.3 Å². The third-order valence-corrected chi connectivity index (χ3v) is 3.54. The van der Waals surface area contributed by atoms with Crippen molar-refractivity contribution in [2.45, 2.75) is 71.4 Å². The van der Waals surface area contributed by atoms with Crippen LogP contribution in [0, 0.1) is 0 Å². The van der Waals surface area contributed by atoms with Crippen molar-refractivity contribution in [3.8, 4) is 5.75 Å². The van der Waals surface area contributed by atoms with Gasteiger partial charge in [-0.3, -0.25) is 0 Å². The Balaban J connectivity index is 2.22. The molecule has 19 heavy (non-hydrogen) atoms. The summed E-state index contributed by atoms with van der Waals surface area (Å²) in [5, 5.41) is 12.9. The van der Waals surface area contributed by atoms with Gasteiger partial charge in [0, 0.05) is 12.1 Å². The molecule has 2 atom stereocenters. The summed E-state index contributed by atoms with van der Waals surface area (Å²) in [5.41, 5.74) is 1.27. The van der Waals surface area contributed by atoms with E-state index in [1.807, 2.05) is 12.1 Å². The van der Waals surface area contributed by atoms with E-state index >= 15 is 0 Å². The van der Waals surface area contributed by atoms with E-state index in [0.717, 1.165) is 6.42 Å². The minimum Gasteiger partial charge on any atom is -0.508 e. The van der Waals surface area contributed by atoms with Gasteiger partial charge in [-0.15, -0.1) is 0 Å². The second kappa shape index (κ2) is 8.98. The van der Waals surface area contributed by atoms with Gasteiger partial charge in [0.2, 0.25) is 0 Å². The van der Waals surface area contributed by atoms with Crippen molar-refractivity contribution >= 4 is 0 Å². The molecule has 0 heterocycles. The molecule has 2 heteroatoms. The second-order valence-corrected chi connectivity index (χ2v) is 5.69. The number of rotatable bonds is 9. The Labute approximate surface area is 118 Å². The Hall–Kier alpha value is -1.02. The average molecular weight is 263 g/mol. The predicted molar refractivity (Wildman–Crippen MR) is 82.6 cm³/mol. The molecule has 0 saturated heterocycles. The Bertz CT molecular complexity index is 334. The highest BCUT2D eigenvalue weighted by Crippen LogP contribution is 2.12. The Kier molecular flexibility index (Phi) is 7.57. The van der Waals surface area contributed by atoms with Gasteiger partial charge in [0.05, 0.1) is 0 Å². The Morgan fingerprint density at radius 1 is 1.00 bits per heavy atom. The third kappa shape index (κ3) is 7.22. The van der Waals surface area contributed by atoms with Crippen LogP contribution in [0.1, 0.15) is 58.4 Å². The summed E-state index contributed by atoms with van der Waals surface area (Å²) in [6, 6.07) is 8.58. The fraction of sp³-hybridized carbons (Fsp3) is 0.647. The van der Waals surface area contributed by atoms with Gasteiger partial charge < -0.3 is 10.4 Å². The third-order valence-electron chi connectivity index (χ3n) is 3.54. The molecule has 2 unspecified atom stereocenters. The SMILES string of the molecule is CCCCCCC(C)NC(C)Cc1ccc(O)cc1. The van der Waals surface area contributed by atoms with Crippen molar-refractivity contribution in [1.29, 1.82) is 0 Å². The highest BCUT2D eigenvalue weighted by molar-refractivity contribution is 5.26. The minimum absolute atomic E-state index is 0.341. The summed E-state index contributed by atoms with van der Waals surface area (Å²) < 4.78 is 0. The maximum atomic E-state index is 9.26. The average Bonchev–Trinajstić information content (AvgIpc) is 2.37. The van der Waals surface area contributed by atoms with Gasteiger partial charge in [-0.2, -0.15) is 0 Å². The summed E-state index contributed by atoms with van der Waals surface area (Å²) in [4.78, 5) is 0. The highest BCUT2D eigenvalue weighted by Gasteiger charge is 2.08. The zero-order valence-corrected chi connectivity index (χ0v) is 12.7. The van der Waals surface area contributed by atoms with Gasteiger partial charge >= 0.3 is 0 Å². The maximum Gasteiger partial charge on any atom is 0.115 e. The van der Waals surface area contributed by atoms with Crippen LogP contribution in [-0.2, 0) is 6.42 Å². The summed E-state index contributed by atoms with van der Waals surface area (Å²) in [6.07, 6.45) is 7.62. The quantitative estimate of drug-likeness (QED) is 0.652. The van der Waals surface area contributed by atoms with Crippen molar-refractivity contribution in [3.05, 3.63) is 29.8 Å². The van der Waals surface area contributed by atoms with Crippen molar-refractivity contribution in [1.82, 2.24) is 5.32 Å². The van der Waals surface area contributed by atoms with E-state index in [4.69, 9.17) is 0 Å². The molecule has 0 aliphatic heterocycles. The molecular formula is C17H29NO. The van der Waals surface area contributed by atoms with Crippen LogP contribution in [0.5, 0.6) is 5.75 Å². The van der Waals surface area contributed by atoms with Crippen LogP contribution < -0.4 is 5.32 Å². The lowest BCUT2D eigenvalue weighted by Crippen LogP contribution is -2.35. The summed E-state index contributed by atoms with van der Waals surface area (Å²) in [5.74, 6) is 0.341. The van der Waals surface area contributed by atoms with Crippen LogP contribution in [0.2, 0.25) is 0 Å². The zero-order valence-electron chi connectivity index (χ0n) is 12.7. The van der Waals surface area contributed by atoms with Gasteiger partial charge in [-0.05, 0) is 44.4 Å². The van der Waals surface area contributed by atoms with E-state index < -0.39 is 0 Å². The van der Waals surface area contributed by atoms with Gasteiger partial charge in [0.25, 0.3) is 0 Å². The number of aromatic hydroxyl groups is 1. The standard InChI is InChI=1S/C17H29NO/c1-4-5-6-7-8-14(2)18-15(3)13-16-9-11-17(19)12-10-16/h9-12,14-15,18-19H,4-8,13H2,1-3H3. The molecule has 108 valence electrons. The minimum atomic E-state index is 0.341. The molecule has 2 N–H and O–H groups in total. The maximum absolute atomic E-state index is 9.26. The number of hydrogen-bond donors (Lipinski definition) is 2. The van der Waals surface area contributed by atoms with Crippen molar-refractivity contribution in [3.63, 3.8) is 0 Å². The largest absolute Gasteiger partial charge is 0.508 e. The molecule has 0 radical (unpaired) electrons. The normalized spacial score (nSPS) is 14.3. The molecule has 1 aromatic carbocycles. The molecule has 0 aliphatic carbocycles.